The molecule has 0 unspecified atom stereocenters. The van der Waals surface area contributed by atoms with E-state index in [0.717, 1.165) is 27.9 Å². The van der Waals surface area contributed by atoms with Gasteiger partial charge in [-0.05, 0) is 143 Å². The second-order valence-corrected chi connectivity index (χ2v) is 20.5. The minimum absolute atomic E-state index is 1.000. The quantitative estimate of drug-likeness (QED) is 0.158. The molecule has 0 radical (unpaired) electrons. The zero-order valence-electron chi connectivity index (χ0n) is 39.4. The number of para-hydroxylation sites is 2. The van der Waals surface area contributed by atoms with Crippen molar-refractivity contribution in [2.24, 2.45) is 0 Å². The first-order valence-electron chi connectivity index (χ1n) is 25.0. The Morgan fingerprint density at radius 3 is 1.60 bits per heavy atom. The van der Waals surface area contributed by atoms with Gasteiger partial charge in [-0.15, -0.1) is 11.3 Å². The summed E-state index contributed by atoms with van der Waals surface area (Å²) in [5.74, 6) is 0. The number of aromatic nitrogens is 3. The van der Waals surface area contributed by atoms with Gasteiger partial charge >= 0.3 is 0 Å². The Bertz CT molecular complexity index is 4940. The van der Waals surface area contributed by atoms with Gasteiger partial charge in [0.1, 0.15) is 0 Å². The molecule has 12 aromatic carbocycles. The Kier molecular flexibility index (Phi) is 8.62. The minimum atomic E-state index is 1.000. The number of hydrogen-bond donors (Lipinski definition) is 0. The average Bonchev–Trinajstić information content (AvgIpc) is 4.13. The summed E-state index contributed by atoms with van der Waals surface area (Å²) in [5.41, 5.74) is 16.2. The molecule has 338 valence electrons. The highest BCUT2D eigenvalue weighted by Gasteiger charge is 2.21. The first-order chi connectivity index (χ1) is 36.2. The van der Waals surface area contributed by atoms with E-state index in [1.54, 1.807) is 0 Å². The minimum Gasteiger partial charge on any atom is -0.309 e. The second-order valence-electron chi connectivity index (χ2n) is 19.5. The molecule has 0 bridgehead atoms. The molecule has 0 spiro atoms. The summed E-state index contributed by atoms with van der Waals surface area (Å²) < 4.78 is 7.30. The van der Waals surface area contributed by atoms with Crippen molar-refractivity contribution >= 4 is 113 Å². The molecule has 4 heterocycles. The van der Waals surface area contributed by atoms with E-state index in [4.69, 9.17) is 4.98 Å². The number of pyridine rings is 1. The highest BCUT2D eigenvalue weighted by Crippen LogP contribution is 2.45. The third-order valence-electron chi connectivity index (χ3n) is 15.5. The van der Waals surface area contributed by atoms with Gasteiger partial charge in [-0.3, -0.25) is 4.40 Å². The molecule has 0 atom stereocenters. The first-order valence-corrected chi connectivity index (χ1v) is 25.8. The van der Waals surface area contributed by atoms with Crippen molar-refractivity contribution in [2.75, 3.05) is 0 Å². The fourth-order valence-electron chi connectivity index (χ4n) is 12.0. The van der Waals surface area contributed by atoms with Gasteiger partial charge in [0, 0.05) is 31.9 Å². The first kappa shape index (κ1) is 40.4. The van der Waals surface area contributed by atoms with Gasteiger partial charge < -0.3 is 4.57 Å². The van der Waals surface area contributed by atoms with Crippen LogP contribution in [0.2, 0.25) is 0 Å². The van der Waals surface area contributed by atoms with Gasteiger partial charge in [0.25, 0.3) is 0 Å². The molecule has 0 aliphatic heterocycles. The number of hydrogen-bond acceptors (Lipinski definition) is 2. The van der Waals surface area contributed by atoms with Crippen LogP contribution in [0.5, 0.6) is 0 Å². The lowest BCUT2D eigenvalue weighted by molar-refractivity contribution is 1.18. The Hall–Kier alpha value is -9.35. The van der Waals surface area contributed by atoms with E-state index in [0.29, 0.717) is 0 Å². The lowest BCUT2D eigenvalue weighted by Gasteiger charge is -2.14. The van der Waals surface area contributed by atoms with Crippen LogP contribution < -0.4 is 0 Å². The molecule has 0 aliphatic rings. The Morgan fingerprint density at radius 2 is 0.877 bits per heavy atom. The molecule has 0 fully saturated rings. The number of imidazole rings is 1. The van der Waals surface area contributed by atoms with Gasteiger partial charge in [0.15, 0.2) is 5.65 Å². The molecule has 0 saturated heterocycles. The predicted octanol–water partition coefficient (Wildman–Crippen LogP) is 19.2. The normalized spacial score (nSPS) is 12.1. The number of benzene rings is 12. The standard InChI is InChI=1S/C69H41N3S/c1-2-15-52(16-3-1)71-63-21-11-10-20-58(63)60-38-49(31-35-64(60)71)42-22-24-44(25-23-42)53-33-34-54(57-19-9-8-18-56(53)57)45-26-28-46(29-27-45)65-41-61-59-32-30-43-12-6-7-17-55(43)67(59)73-68(61)69-70-62-39-50-36-47-13-4-5-14-48(47)37-51(50)40-66(62)72(65)69/h1-41H. The summed E-state index contributed by atoms with van der Waals surface area (Å²) in [6.45, 7) is 0. The zero-order valence-corrected chi connectivity index (χ0v) is 40.2. The van der Waals surface area contributed by atoms with Crippen LogP contribution in [0.25, 0.3) is 152 Å². The molecule has 4 heteroatoms. The molecule has 73 heavy (non-hydrogen) atoms. The van der Waals surface area contributed by atoms with Gasteiger partial charge in [-0.1, -0.05) is 188 Å². The van der Waals surface area contributed by atoms with E-state index in [2.05, 4.69) is 258 Å². The van der Waals surface area contributed by atoms with Crippen LogP contribution in [-0.4, -0.2) is 14.0 Å². The van der Waals surface area contributed by atoms with Gasteiger partial charge in [-0.25, -0.2) is 4.98 Å². The molecule has 4 aromatic heterocycles. The maximum Gasteiger partial charge on any atom is 0.156 e. The summed E-state index contributed by atoms with van der Waals surface area (Å²) >= 11 is 1.86. The number of rotatable bonds is 5. The molecule has 0 saturated carbocycles. The van der Waals surface area contributed by atoms with Crippen LogP contribution in [0.15, 0.2) is 249 Å². The van der Waals surface area contributed by atoms with Crippen molar-refractivity contribution in [2.45, 2.75) is 0 Å². The molecular weight excluding hydrogens is 903 g/mol. The van der Waals surface area contributed by atoms with Crippen molar-refractivity contribution in [3.8, 4) is 50.3 Å². The predicted molar refractivity (Wildman–Crippen MR) is 312 cm³/mol. The van der Waals surface area contributed by atoms with E-state index in [9.17, 15) is 0 Å². The summed E-state index contributed by atoms with van der Waals surface area (Å²) in [6, 6.07) is 91.7. The van der Waals surface area contributed by atoms with E-state index >= 15 is 0 Å². The van der Waals surface area contributed by atoms with Crippen molar-refractivity contribution in [3.63, 3.8) is 0 Å². The van der Waals surface area contributed by atoms with Crippen molar-refractivity contribution in [1.29, 1.82) is 0 Å². The Balaban J connectivity index is 0.794. The van der Waals surface area contributed by atoms with E-state index in [-0.39, 0.29) is 0 Å². The van der Waals surface area contributed by atoms with E-state index < -0.39 is 0 Å². The average molecular weight is 944 g/mol. The topological polar surface area (TPSA) is 22.2 Å². The third kappa shape index (κ3) is 6.15. The Labute approximate surface area is 423 Å². The monoisotopic (exact) mass is 943 g/mol. The number of nitrogens with zero attached hydrogens (tertiary/aromatic N) is 3. The highest BCUT2D eigenvalue weighted by atomic mass is 32.1. The van der Waals surface area contributed by atoms with E-state index in [1.165, 1.54) is 124 Å². The van der Waals surface area contributed by atoms with Gasteiger partial charge in [0.05, 0.1) is 32.5 Å². The highest BCUT2D eigenvalue weighted by molar-refractivity contribution is 7.27. The molecule has 16 rings (SSSR count). The molecular formula is C69H41N3S. The summed E-state index contributed by atoms with van der Waals surface area (Å²) in [7, 11) is 0. The van der Waals surface area contributed by atoms with E-state index in [1.807, 2.05) is 11.3 Å². The lowest BCUT2D eigenvalue weighted by Crippen LogP contribution is -1.93. The van der Waals surface area contributed by atoms with Crippen molar-refractivity contribution in [1.82, 2.24) is 14.0 Å². The smallest absolute Gasteiger partial charge is 0.156 e. The molecule has 3 nitrogen and oxygen atoms in total. The van der Waals surface area contributed by atoms with Crippen LogP contribution in [-0.2, 0) is 0 Å². The SMILES string of the molecule is c1ccc(-n2c3ccccc3c3cc(-c4ccc(-c5ccc(-c6ccc(-c7cc8c9ccc%10ccccc%10c9sc8c8nc9cc%10cc%11ccccc%11cc%10cc9n78)cc6)c6ccccc56)cc4)ccc32)cc1. The number of fused-ring (bicyclic) bond motifs is 15. The third-order valence-corrected chi connectivity index (χ3v) is 16.7. The summed E-state index contributed by atoms with van der Waals surface area (Å²) in [6.07, 6.45) is 0. The maximum atomic E-state index is 5.49. The fraction of sp³-hybridized carbons (Fsp3) is 0. The van der Waals surface area contributed by atoms with Crippen LogP contribution in [0, 0.1) is 0 Å². The van der Waals surface area contributed by atoms with Crippen LogP contribution >= 0.6 is 11.3 Å². The second kappa shape index (κ2) is 15.6. The van der Waals surface area contributed by atoms with Crippen LogP contribution in [0.4, 0.5) is 0 Å². The van der Waals surface area contributed by atoms with Gasteiger partial charge in [-0.2, -0.15) is 0 Å². The molecule has 0 N–H and O–H groups in total. The van der Waals surface area contributed by atoms with Gasteiger partial charge in [0.2, 0.25) is 0 Å². The fourth-order valence-corrected chi connectivity index (χ4v) is 13.2. The van der Waals surface area contributed by atoms with Crippen molar-refractivity contribution in [3.05, 3.63) is 249 Å². The summed E-state index contributed by atoms with van der Waals surface area (Å²) in [5, 5.41) is 14.9. The maximum absolute atomic E-state index is 5.49. The summed E-state index contributed by atoms with van der Waals surface area (Å²) in [4.78, 5) is 5.49. The van der Waals surface area contributed by atoms with Crippen LogP contribution in [0.3, 0.4) is 0 Å². The Morgan fingerprint density at radius 1 is 0.301 bits per heavy atom. The largest absolute Gasteiger partial charge is 0.309 e. The van der Waals surface area contributed by atoms with Crippen LogP contribution in [0.1, 0.15) is 0 Å². The molecule has 0 amide bonds. The van der Waals surface area contributed by atoms with Crippen molar-refractivity contribution < 1.29 is 0 Å². The lowest BCUT2D eigenvalue weighted by atomic mass is 9.91. The number of thiophene rings is 1. The molecule has 0 aliphatic carbocycles. The molecule has 16 aromatic rings. The zero-order chi connectivity index (χ0) is 47.7.